The van der Waals surface area contributed by atoms with Crippen molar-refractivity contribution >= 4 is 7.32 Å². The van der Waals surface area contributed by atoms with Crippen molar-refractivity contribution in [3.63, 3.8) is 0 Å². The molecule has 0 amide bonds. The first-order valence-corrected chi connectivity index (χ1v) is 3.77. The first-order chi connectivity index (χ1) is 5.15. The van der Waals surface area contributed by atoms with E-state index in [1.165, 1.54) is 0 Å². The van der Waals surface area contributed by atoms with Crippen LogP contribution < -0.4 is 0 Å². The maximum Gasteiger partial charge on any atom is 0.631 e. The number of rotatable bonds is 4. The van der Waals surface area contributed by atoms with Gasteiger partial charge in [0.05, 0.1) is 0 Å². The van der Waals surface area contributed by atoms with Gasteiger partial charge in [-0.05, 0) is 12.8 Å². The van der Waals surface area contributed by atoms with Gasteiger partial charge in [-0.15, -0.1) is 0 Å². The van der Waals surface area contributed by atoms with Crippen LogP contribution in [0.1, 0.15) is 26.7 Å². The third-order valence-corrected chi connectivity index (χ3v) is 0.697. The van der Waals surface area contributed by atoms with Crippen molar-refractivity contribution in [2.75, 3.05) is 13.2 Å². The summed E-state index contributed by atoms with van der Waals surface area (Å²) in [6.45, 7) is 6.09. The van der Waals surface area contributed by atoms with Gasteiger partial charge in [0.1, 0.15) is 0 Å². The summed E-state index contributed by atoms with van der Waals surface area (Å²) in [7, 11) is -2.17. The smallest absolute Gasteiger partial charge is 0.402 e. The molecule has 0 radical (unpaired) electrons. The van der Waals surface area contributed by atoms with Crippen LogP contribution in [0.25, 0.3) is 0 Å². The Bertz CT molecular complexity index is 53.8. The Hall–Kier alpha value is -0.0951. The predicted octanol–water partition coefficient (Wildman–Crippen LogP) is -0.229. The molecular weight excluding hydrogens is 147 g/mol. The van der Waals surface area contributed by atoms with Gasteiger partial charge >= 0.3 is 7.32 Å². The molecule has 3 N–H and O–H groups in total. The minimum absolute atomic E-state index is 0.924. The monoisotopic (exact) mass is 164 g/mol. The Labute approximate surface area is 68.0 Å². The van der Waals surface area contributed by atoms with E-state index >= 15 is 0 Å². The molecule has 0 aliphatic carbocycles. The summed E-state index contributed by atoms with van der Waals surface area (Å²) < 4.78 is 5.13. The molecule has 0 aromatic heterocycles. The molecule has 0 bridgehead atoms. The SMILES string of the molecule is CCCOCCC.OB(O)O. The van der Waals surface area contributed by atoms with Crippen LogP contribution in [0.4, 0.5) is 0 Å². The van der Waals surface area contributed by atoms with E-state index in [1.54, 1.807) is 0 Å². The minimum Gasteiger partial charge on any atom is -0.402 e. The second kappa shape index (κ2) is 12.6. The molecule has 0 aliphatic rings. The fraction of sp³-hybridized carbons (Fsp3) is 1.00. The number of ether oxygens (including phenoxy) is 1. The molecule has 0 aromatic carbocycles. The summed E-state index contributed by atoms with van der Waals surface area (Å²) in [5.41, 5.74) is 0. The van der Waals surface area contributed by atoms with Crippen LogP contribution in [0.2, 0.25) is 0 Å². The molecule has 0 aliphatic heterocycles. The third-order valence-electron chi connectivity index (χ3n) is 0.697. The molecule has 0 saturated heterocycles. The zero-order chi connectivity index (χ0) is 9.11. The van der Waals surface area contributed by atoms with E-state index in [9.17, 15) is 0 Å². The average Bonchev–Trinajstić information content (AvgIpc) is 1.88. The average molecular weight is 164 g/mol. The molecule has 0 spiro atoms. The first-order valence-electron chi connectivity index (χ1n) is 3.77. The quantitative estimate of drug-likeness (QED) is 0.396. The van der Waals surface area contributed by atoms with Crippen LogP contribution in [0.15, 0.2) is 0 Å². The summed E-state index contributed by atoms with van der Waals surface area (Å²) >= 11 is 0. The molecule has 0 rings (SSSR count). The second-order valence-electron chi connectivity index (χ2n) is 1.96. The Morgan fingerprint density at radius 2 is 1.27 bits per heavy atom. The van der Waals surface area contributed by atoms with E-state index < -0.39 is 7.32 Å². The van der Waals surface area contributed by atoms with Crippen molar-refractivity contribution < 1.29 is 19.8 Å². The lowest BCUT2D eigenvalue weighted by Crippen LogP contribution is -2.07. The fourth-order valence-corrected chi connectivity index (χ4v) is 0.391. The van der Waals surface area contributed by atoms with E-state index in [0.29, 0.717) is 0 Å². The lowest BCUT2D eigenvalue weighted by molar-refractivity contribution is 0.135. The van der Waals surface area contributed by atoms with Crippen molar-refractivity contribution in [2.45, 2.75) is 26.7 Å². The first kappa shape index (κ1) is 13.5. The standard InChI is InChI=1S/C6H14O.BH3O3/c1-3-5-7-6-4-2;2-1(3)4/h3-6H2,1-2H3;2-4H. The molecule has 0 saturated carbocycles. The molecule has 0 fully saturated rings. The van der Waals surface area contributed by atoms with Crippen molar-refractivity contribution in [1.29, 1.82) is 0 Å². The van der Waals surface area contributed by atoms with E-state index in [2.05, 4.69) is 13.8 Å². The van der Waals surface area contributed by atoms with E-state index in [-0.39, 0.29) is 0 Å². The highest BCUT2D eigenvalue weighted by atomic mass is 16.5. The maximum absolute atomic E-state index is 7.17. The highest BCUT2D eigenvalue weighted by Gasteiger charge is 1.92. The zero-order valence-electron chi connectivity index (χ0n) is 7.16. The van der Waals surface area contributed by atoms with Gasteiger partial charge in [-0.3, -0.25) is 0 Å². The van der Waals surface area contributed by atoms with Gasteiger partial charge in [-0.25, -0.2) is 0 Å². The summed E-state index contributed by atoms with van der Waals surface area (Å²) in [5.74, 6) is 0. The van der Waals surface area contributed by atoms with Crippen molar-refractivity contribution in [2.24, 2.45) is 0 Å². The lowest BCUT2D eigenvalue weighted by atomic mass is 10.3. The van der Waals surface area contributed by atoms with Crippen LogP contribution in [0, 0.1) is 0 Å². The summed E-state index contributed by atoms with van der Waals surface area (Å²) in [5, 5.41) is 21.5. The summed E-state index contributed by atoms with van der Waals surface area (Å²) in [6, 6.07) is 0. The highest BCUT2D eigenvalue weighted by molar-refractivity contribution is 6.30. The zero-order valence-corrected chi connectivity index (χ0v) is 7.16. The van der Waals surface area contributed by atoms with Gasteiger partial charge in [0.25, 0.3) is 0 Å². The summed E-state index contributed by atoms with van der Waals surface area (Å²) in [4.78, 5) is 0. The minimum atomic E-state index is -2.17. The van der Waals surface area contributed by atoms with Crippen molar-refractivity contribution in [3.8, 4) is 0 Å². The Morgan fingerprint density at radius 1 is 1.00 bits per heavy atom. The lowest BCUT2D eigenvalue weighted by Gasteiger charge is -1.95. The molecule has 0 heterocycles. The molecule has 4 nitrogen and oxygen atoms in total. The third kappa shape index (κ3) is 40.6. The molecule has 5 heteroatoms. The topological polar surface area (TPSA) is 69.9 Å². The van der Waals surface area contributed by atoms with Gasteiger partial charge in [0, 0.05) is 13.2 Å². The Kier molecular flexibility index (Phi) is 15.4. The van der Waals surface area contributed by atoms with Gasteiger partial charge in [-0.1, -0.05) is 13.8 Å². The predicted molar refractivity (Wildman–Crippen MR) is 43.8 cm³/mol. The van der Waals surface area contributed by atoms with Crippen LogP contribution in [-0.4, -0.2) is 35.6 Å². The summed E-state index contributed by atoms with van der Waals surface area (Å²) in [6.07, 6.45) is 2.28. The number of hydrogen-bond donors (Lipinski definition) is 3. The van der Waals surface area contributed by atoms with E-state index in [1.807, 2.05) is 0 Å². The Balaban J connectivity index is 0. The second-order valence-corrected chi connectivity index (χ2v) is 1.96. The molecule has 68 valence electrons. The highest BCUT2D eigenvalue weighted by Crippen LogP contribution is 1.81. The molecule has 0 aromatic rings. The van der Waals surface area contributed by atoms with Crippen molar-refractivity contribution in [1.82, 2.24) is 0 Å². The molecular formula is C6H17BO4. The molecule has 0 unspecified atom stereocenters. The van der Waals surface area contributed by atoms with Gasteiger partial charge in [-0.2, -0.15) is 0 Å². The molecule has 0 atom stereocenters. The van der Waals surface area contributed by atoms with Gasteiger partial charge < -0.3 is 19.8 Å². The largest absolute Gasteiger partial charge is 0.631 e. The van der Waals surface area contributed by atoms with Crippen LogP contribution in [-0.2, 0) is 4.74 Å². The number of hydrogen-bond acceptors (Lipinski definition) is 4. The maximum atomic E-state index is 7.17. The fourth-order valence-electron chi connectivity index (χ4n) is 0.391. The van der Waals surface area contributed by atoms with Gasteiger partial charge in [0.15, 0.2) is 0 Å². The van der Waals surface area contributed by atoms with Crippen molar-refractivity contribution in [3.05, 3.63) is 0 Å². The molecule has 11 heavy (non-hydrogen) atoms. The van der Waals surface area contributed by atoms with Crippen LogP contribution in [0.3, 0.4) is 0 Å². The van der Waals surface area contributed by atoms with Crippen LogP contribution >= 0.6 is 0 Å². The van der Waals surface area contributed by atoms with Crippen LogP contribution in [0.5, 0.6) is 0 Å². The Morgan fingerprint density at radius 3 is 1.45 bits per heavy atom. The van der Waals surface area contributed by atoms with E-state index in [4.69, 9.17) is 19.8 Å². The van der Waals surface area contributed by atoms with E-state index in [0.717, 1.165) is 26.1 Å². The van der Waals surface area contributed by atoms with Gasteiger partial charge in [0.2, 0.25) is 0 Å². The normalized spacial score (nSPS) is 8.45.